The summed E-state index contributed by atoms with van der Waals surface area (Å²) < 4.78 is 0. The standard InChI is InChI=1S/C33H26ClN2O2P/c34-26-21-23-27(24-22-26)35-36-33(32(38)31(37)25-13-5-1-6-14-25)39(28-15-7-2-8-16-28,29-17-9-3-10-18-29)30-19-11-4-12-20-30/h1-24,33,39H. The van der Waals surface area contributed by atoms with Gasteiger partial charge in [-0.1, -0.05) is 0 Å². The van der Waals surface area contributed by atoms with Gasteiger partial charge in [-0.2, -0.15) is 0 Å². The fourth-order valence-corrected chi connectivity index (χ4v) is 9.88. The SMILES string of the molecule is O=C(C(=O)C(N=Nc1ccc(Cl)cc1)[PH](c1ccccc1)(c1ccccc1)c1ccccc1)c1ccccc1. The molecule has 5 aromatic rings. The molecule has 0 aromatic heterocycles. The molecular formula is C33H26ClN2O2P. The zero-order valence-corrected chi connectivity index (χ0v) is 22.8. The summed E-state index contributed by atoms with van der Waals surface area (Å²) in [7, 11) is -3.33. The number of rotatable bonds is 9. The number of hydrogen-bond acceptors (Lipinski definition) is 4. The number of carbonyl (C=O) groups is 2. The molecule has 5 aromatic carbocycles. The van der Waals surface area contributed by atoms with Gasteiger partial charge in [-0.25, -0.2) is 0 Å². The number of Topliss-reactive ketones (excluding diaryl/α,β-unsaturated/α-hetero) is 2. The van der Waals surface area contributed by atoms with Crippen LogP contribution in [0, 0.1) is 0 Å². The van der Waals surface area contributed by atoms with Crippen molar-refractivity contribution in [1.29, 1.82) is 0 Å². The van der Waals surface area contributed by atoms with Crippen LogP contribution in [-0.2, 0) is 4.79 Å². The van der Waals surface area contributed by atoms with Crippen molar-refractivity contribution < 1.29 is 9.59 Å². The van der Waals surface area contributed by atoms with Crippen LogP contribution in [0.15, 0.2) is 156 Å². The molecular weight excluding hydrogens is 523 g/mol. The molecule has 0 amide bonds. The van der Waals surface area contributed by atoms with Crippen LogP contribution >= 0.6 is 18.9 Å². The summed E-state index contributed by atoms with van der Waals surface area (Å²) in [6.07, 6.45) is 0. The number of nitrogens with zero attached hydrogens (tertiary/aromatic N) is 2. The average Bonchev–Trinajstić information content (AvgIpc) is 3.01. The van der Waals surface area contributed by atoms with Crippen molar-refractivity contribution in [2.45, 2.75) is 5.78 Å². The molecule has 0 fully saturated rings. The van der Waals surface area contributed by atoms with E-state index in [1.54, 1.807) is 48.5 Å². The number of ketones is 2. The molecule has 1 unspecified atom stereocenters. The summed E-state index contributed by atoms with van der Waals surface area (Å²) in [5.41, 5.74) is 0.868. The van der Waals surface area contributed by atoms with E-state index in [0.29, 0.717) is 16.3 Å². The van der Waals surface area contributed by atoms with Gasteiger partial charge in [0.05, 0.1) is 0 Å². The maximum absolute atomic E-state index is 14.4. The van der Waals surface area contributed by atoms with Crippen molar-refractivity contribution in [3.05, 3.63) is 156 Å². The molecule has 5 rings (SSSR count). The minimum absolute atomic E-state index is 0.325. The van der Waals surface area contributed by atoms with Crippen LogP contribution < -0.4 is 15.9 Å². The average molecular weight is 549 g/mol. The molecule has 0 aliphatic carbocycles. The molecule has 6 heteroatoms. The fraction of sp³-hybridized carbons (Fsp3) is 0.0303. The Morgan fingerprint density at radius 2 is 0.974 bits per heavy atom. The van der Waals surface area contributed by atoms with Crippen LogP contribution in [0.25, 0.3) is 0 Å². The molecule has 0 spiro atoms. The van der Waals surface area contributed by atoms with Crippen molar-refractivity contribution in [2.24, 2.45) is 10.2 Å². The summed E-state index contributed by atoms with van der Waals surface area (Å²) in [5, 5.41) is 12.7. The van der Waals surface area contributed by atoms with Gasteiger partial charge in [0, 0.05) is 0 Å². The molecule has 0 saturated carbocycles. The quantitative estimate of drug-likeness (QED) is 0.0868. The fourth-order valence-electron chi connectivity index (χ4n) is 4.90. The van der Waals surface area contributed by atoms with Crippen molar-refractivity contribution in [3.8, 4) is 0 Å². The van der Waals surface area contributed by atoms with Gasteiger partial charge in [0.2, 0.25) is 0 Å². The number of azo groups is 1. The van der Waals surface area contributed by atoms with Crippen LogP contribution in [0.2, 0.25) is 5.02 Å². The van der Waals surface area contributed by atoms with Gasteiger partial charge >= 0.3 is 234 Å². The predicted octanol–water partition coefficient (Wildman–Crippen LogP) is 6.93. The molecule has 1 atom stereocenters. The Balaban J connectivity index is 1.81. The zero-order valence-electron chi connectivity index (χ0n) is 21.0. The van der Waals surface area contributed by atoms with Crippen molar-refractivity contribution in [3.63, 3.8) is 0 Å². The second-order valence-corrected chi connectivity index (χ2v) is 13.4. The molecule has 0 saturated heterocycles. The summed E-state index contributed by atoms with van der Waals surface area (Å²) >= 11 is 6.08. The monoisotopic (exact) mass is 548 g/mol. The summed E-state index contributed by atoms with van der Waals surface area (Å²) in [5.74, 6) is -2.26. The molecule has 0 heterocycles. The number of hydrogen-bond donors (Lipinski definition) is 0. The Hall–Kier alpha value is -4.24. The molecule has 0 N–H and O–H groups in total. The summed E-state index contributed by atoms with van der Waals surface area (Å²) in [4.78, 5) is 28.1. The molecule has 0 radical (unpaired) electrons. The second kappa shape index (κ2) is 12.1. The van der Waals surface area contributed by atoms with Gasteiger partial charge in [0.15, 0.2) is 0 Å². The van der Waals surface area contributed by atoms with E-state index in [4.69, 9.17) is 16.7 Å². The normalized spacial score (nSPS) is 12.6. The van der Waals surface area contributed by atoms with Crippen LogP contribution in [0.1, 0.15) is 10.4 Å². The van der Waals surface area contributed by atoms with Crippen LogP contribution in [0.3, 0.4) is 0 Å². The van der Waals surface area contributed by atoms with Crippen LogP contribution in [0.5, 0.6) is 0 Å². The van der Waals surface area contributed by atoms with Gasteiger partial charge in [-0.3, -0.25) is 0 Å². The Labute approximate surface area is 233 Å². The molecule has 0 aliphatic heterocycles. The molecule has 0 bridgehead atoms. The second-order valence-electron chi connectivity index (χ2n) is 9.06. The van der Waals surface area contributed by atoms with E-state index in [1.807, 2.05) is 97.1 Å². The van der Waals surface area contributed by atoms with Gasteiger partial charge in [0.1, 0.15) is 0 Å². The van der Waals surface area contributed by atoms with E-state index in [9.17, 15) is 9.59 Å². The van der Waals surface area contributed by atoms with Gasteiger partial charge in [-0.05, 0) is 0 Å². The first-order chi connectivity index (χ1) is 19.1. The summed E-state index contributed by atoms with van der Waals surface area (Å²) in [6.45, 7) is 0. The van der Waals surface area contributed by atoms with Gasteiger partial charge in [0.25, 0.3) is 0 Å². The Morgan fingerprint density at radius 3 is 1.41 bits per heavy atom. The van der Waals surface area contributed by atoms with Crippen molar-refractivity contribution >= 4 is 52.0 Å². The molecule has 39 heavy (non-hydrogen) atoms. The third-order valence-corrected chi connectivity index (χ3v) is 11.9. The maximum atomic E-state index is 14.4. The predicted molar refractivity (Wildman–Crippen MR) is 162 cm³/mol. The van der Waals surface area contributed by atoms with Gasteiger partial charge < -0.3 is 0 Å². The Kier molecular flexibility index (Phi) is 8.17. The first kappa shape index (κ1) is 26.4. The first-order valence-electron chi connectivity index (χ1n) is 12.6. The van der Waals surface area contributed by atoms with E-state index >= 15 is 0 Å². The number of halogens is 1. The summed E-state index contributed by atoms with van der Waals surface area (Å²) in [6, 6.07) is 45.3. The molecule has 0 aliphatic rings. The molecule has 192 valence electrons. The Bertz CT molecular complexity index is 1480. The third kappa shape index (κ3) is 5.49. The van der Waals surface area contributed by atoms with E-state index in [1.165, 1.54) is 0 Å². The first-order valence-corrected chi connectivity index (χ1v) is 15.0. The van der Waals surface area contributed by atoms with Crippen LogP contribution in [0.4, 0.5) is 5.69 Å². The minimum atomic E-state index is -3.33. The van der Waals surface area contributed by atoms with E-state index in [-0.39, 0.29) is 0 Å². The number of benzene rings is 5. The van der Waals surface area contributed by atoms with Crippen LogP contribution in [-0.4, -0.2) is 17.3 Å². The third-order valence-electron chi connectivity index (χ3n) is 6.72. The Morgan fingerprint density at radius 1 is 0.564 bits per heavy atom. The van der Waals surface area contributed by atoms with E-state index in [2.05, 4.69) is 5.11 Å². The van der Waals surface area contributed by atoms with Crippen molar-refractivity contribution in [2.75, 3.05) is 0 Å². The molecule has 4 nitrogen and oxygen atoms in total. The van der Waals surface area contributed by atoms with Crippen molar-refractivity contribution in [1.82, 2.24) is 0 Å². The van der Waals surface area contributed by atoms with Gasteiger partial charge in [-0.15, -0.1) is 0 Å². The number of carbonyl (C=O) groups excluding carboxylic acids is 2. The zero-order chi connectivity index (χ0) is 27.1. The topological polar surface area (TPSA) is 58.9 Å². The van der Waals surface area contributed by atoms with E-state index < -0.39 is 24.6 Å². The van der Waals surface area contributed by atoms with E-state index in [0.717, 1.165) is 15.9 Å².